The molecule has 1 aliphatic heterocycles. The number of rotatable bonds is 5. The lowest BCUT2D eigenvalue weighted by Crippen LogP contribution is -2.33. The first-order valence-corrected chi connectivity index (χ1v) is 9.84. The number of likely N-dealkylation sites (tertiary alicyclic amines) is 1. The first kappa shape index (κ1) is 20.6. The Morgan fingerprint density at radius 1 is 1.03 bits per heavy atom. The molecule has 0 bridgehead atoms. The van der Waals surface area contributed by atoms with Gasteiger partial charge in [-0.3, -0.25) is 14.4 Å². The molecular formula is C23H27N3O3. The number of nitrogens with zero attached hydrogens (tertiary/aromatic N) is 1. The van der Waals surface area contributed by atoms with Crippen molar-refractivity contribution >= 4 is 29.1 Å². The van der Waals surface area contributed by atoms with Gasteiger partial charge in [0.05, 0.1) is 5.92 Å². The summed E-state index contributed by atoms with van der Waals surface area (Å²) < 4.78 is 0. The Labute approximate surface area is 171 Å². The topological polar surface area (TPSA) is 78.5 Å². The standard InChI is InChI=1S/C23H27N3O3/c1-14(2)26-13-18(12-21(26)27)23(29)24-19-10-8-17(9-11-19)22(28)25-20-7-5-6-15(3)16(20)4/h5-11,14,18H,12-13H2,1-4H3,(H,24,29)(H,25,28). The summed E-state index contributed by atoms with van der Waals surface area (Å²) in [6.07, 6.45) is 0.236. The minimum absolute atomic E-state index is 0.0126. The summed E-state index contributed by atoms with van der Waals surface area (Å²) in [5, 5.41) is 5.77. The highest BCUT2D eigenvalue weighted by atomic mass is 16.2. The van der Waals surface area contributed by atoms with Crippen LogP contribution in [-0.4, -0.2) is 35.2 Å². The van der Waals surface area contributed by atoms with Crippen LogP contribution < -0.4 is 10.6 Å². The zero-order valence-electron chi connectivity index (χ0n) is 17.3. The molecule has 3 amide bonds. The van der Waals surface area contributed by atoms with Crippen molar-refractivity contribution in [2.24, 2.45) is 5.92 Å². The number of amides is 3. The molecule has 2 aromatic carbocycles. The van der Waals surface area contributed by atoms with Gasteiger partial charge in [-0.25, -0.2) is 0 Å². The van der Waals surface area contributed by atoms with Gasteiger partial charge in [-0.1, -0.05) is 12.1 Å². The van der Waals surface area contributed by atoms with Gasteiger partial charge in [0.1, 0.15) is 0 Å². The summed E-state index contributed by atoms with van der Waals surface area (Å²) in [6.45, 7) is 8.30. The van der Waals surface area contributed by atoms with Gasteiger partial charge >= 0.3 is 0 Å². The maximum atomic E-state index is 12.5. The van der Waals surface area contributed by atoms with Gasteiger partial charge in [0.15, 0.2) is 0 Å². The molecule has 1 fully saturated rings. The van der Waals surface area contributed by atoms with Crippen molar-refractivity contribution < 1.29 is 14.4 Å². The monoisotopic (exact) mass is 393 g/mol. The highest BCUT2D eigenvalue weighted by Gasteiger charge is 2.35. The molecule has 6 nitrogen and oxygen atoms in total. The molecule has 1 heterocycles. The lowest BCUT2D eigenvalue weighted by atomic mass is 10.1. The molecule has 0 spiro atoms. The lowest BCUT2D eigenvalue weighted by Gasteiger charge is -2.20. The molecule has 6 heteroatoms. The molecule has 29 heavy (non-hydrogen) atoms. The molecule has 0 saturated carbocycles. The second kappa shape index (κ2) is 8.47. The van der Waals surface area contributed by atoms with Gasteiger partial charge in [-0.15, -0.1) is 0 Å². The van der Waals surface area contributed by atoms with Gasteiger partial charge in [0.2, 0.25) is 11.8 Å². The number of anilines is 2. The van der Waals surface area contributed by atoms with E-state index in [0.717, 1.165) is 16.8 Å². The number of carbonyl (C=O) groups excluding carboxylic acids is 3. The largest absolute Gasteiger partial charge is 0.339 e. The van der Waals surface area contributed by atoms with Crippen LogP contribution in [-0.2, 0) is 9.59 Å². The number of carbonyl (C=O) groups is 3. The molecule has 0 radical (unpaired) electrons. The lowest BCUT2D eigenvalue weighted by molar-refractivity contribution is -0.129. The molecule has 1 saturated heterocycles. The fourth-order valence-electron chi connectivity index (χ4n) is 3.44. The third kappa shape index (κ3) is 4.65. The van der Waals surface area contributed by atoms with Crippen molar-refractivity contribution in [3.63, 3.8) is 0 Å². The average Bonchev–Trinajstić information content (AvgIpc) is 3.08. The van der Waals surface area contributed by atoms with E-state index in [4.69, 9.17) is 0 Å². The minimum Gasteiger partial charge on any atom is -0.339 e. The molecule has 2 N–H and O–H groups in total. The quantitative estimate of drug-likeness (QED) is 0.812. The van der Waals surface area contributed by atoms with Gasteiger partial charge in [0.25, 0.3) is 5.91 Å². The van der Waals surface area contributed by atoms with Gasteiger partial charge in [0, 0.05) is 35.9 Å². The Balaban J connectivity index is 1.61. The van der Waals surface area contributed by atoms with Gasteiger partial charge in [-0.2, -0.15) is 0 Å². The van der Waals surface area contributed by atoms with Crippen molar-refractivity contribution in [3.8, 4) is 0 Å². The molecule has 2 aromatic rings. The van der Waals surface area contributed by atoms with Crippen LogP contribution in [0.3, 0.4) is 0 Å². The Morgan fingerprint density at radius 3 is 2.34 bits per heavy atom. The fourth-order valence-corrected chi connectivity index (χ4v) is 3.44. The smallest absolute Gasteiger partial charge is 0.255 e. The minimum atomic E-state index is -0.350. The van der Waals surface area contributed by atoms with E-state index in [2.05, 4.69) is 10.6 Å². The first-order chi connectivity index (χ1) is 13.8. The number of hydrogen-bond donors (Lipinski definition) is 2. The number of hydrogen-bond acceptors (Lipinski definition) is 3. The van der Waals surface area contributed by atoms with Crippen LogP contribution in [0.15, 0.2) is 42.5 Å². The van der Waals surface area contributed by atoms with Crippen LogP contribution in [0, 0.1) is 19.8 Å². The van der Waals surface area contributed by atoms with Crippen molar-refractivity contribution in [1.29, 1.82) is 0 Å². The van der Waals surface area contributed by atoms with Gasteiger partial charge < -0.3 is 15.5 Å². The summed E-state index contributed by atoms with van der Waals surface area (Å²) in [7, 11) is 0. The predicted octanol–water partition coefficient (Wildman–Crippen LogP) is 3.75. The fraction of sp³-hybridized carbons (Fsp3) is 0.348. The highest BCUT2D eigenvalue weighted by molar-refractivity contribution is 6.05. The van der Waals surface area contributed by atoms with E-state index >= 15 is 0 Å². The van der Waals surface area contributed by atoms with E-state index in [1.54, 1.807) is 29.2 Å². The van der Waals surface area contributed by atoms with Crippen molar-refractivity contribution in [2.75, 3.05) is 17.2 Å². The third-order valence-corrected chi connectivity index (χ3v) is 5.42. The summed E-state index contributed by atoms with van der Waals surface area (Å²) >= 11 is 0. The first-order valence-electron chi connectivity index (χ1n) is 9.84. The van der Waals surface area contributed by atoms with Crippen molar-refractivity contribution in [1.82, 2.24) is 4.90 Å². The zero-order chi connectivity index (χ0) is 21.1. The van der Waals surface area contributed by atoms with Crippen LogP contribution in [0.25, 0.3) is 0 Å². The van der Waals surface area contributed by atoms with E-state index in [9.17, 15) is 14.4 Å². The number of aryl methyl sites for hydroxylation is 1. The Kier molecular flexibility index (Phi) is 6.01. The van der Waals surface area contributed by atoms with E-state index in [1.165, 1.54) is 0 Å². The molecule has 1 aliphatic rings. The van der Waals surface area contributed by atoms with Crippen LogP contribution >= 0.6 is 0 Å². The van der Waals surface area contributed by atoms with Crippen molar-refractivity contribution in [2.45, 2.75) is 40.2 Å². The van der Waals surface area contributed by atoms with E-state index in [1.807, 2.05) is 45.9 Å². The number of benzene rings is 2. The number of nitrogens with one attached hydrogen (secondary N) is 2. The normalized spacial score (nSPS) is 16.2. The van der Waals surface area contributed by atoms with Crippen molar-refractivity contribution in [3.05, 3.63) is 59.2 Å². The van der Waals surface area contributed by atoms with Crippen LogP contribution in [0.4, 0.5) is 11.4 Å². The summed E-state index contributed by atoms with van der Waals surface area (Å²) in [5.74, 6) is -0.713. The Morgan fingerprint density at radius 2 is 1.72 bits per heavy atom. The molecule has 0 aromatic heterocycles. The molecule has 1 unspecified atom stereocenters. The second-order valence-electron chi connectivity index (χ2n) is 7.81. The Bertz CT molecular complexity index is 935. The molecular weight excluding hydrogens is 366 g/mol. The molecule has 0 aliphatic carbocycles. The summed E-state index contributed by atoms with van der Waals surface area (Å²) in [5.41, 5.74) is 4.04. The highest BCUT2D eigenvalue weighted by Crippen LogP contribution is 2.23. The van der Waals surface area contributed by atoms with E-state index < -0.39 is 0 Å². The third-order valence-electron chi connectivity index (χ3n) is 5.42. The van der Waals surface area contributed by atoms with E-state index in [-0.39, 0.29) is 36.1 Å². The maximum absolute atomic E-state index is 12.5. The summed E-state index contributed by atoms with van der Waals surface area (Å²) in [4.78, 5) is 38.7. The van der Waals surface area contributed by atoms with Gasteiger partial charge in [-0.05, 0) is 69.2 Å². The van der Waals surface area contributed by atoms with E-state index in [0.29, 0.717) is 17.8 Å². The molecule has 152 valence electrons. The predicted molar refractivity (Wildman–Crippen MR) is 114 cm³/mol. The molecule has 1 atom stereocenters. The SMILES string of the molecule is Cc1cccc(NC(=O)c2ccc(NC(=O)C3CC(=O)N(C(C)C)C3)cc2)c1C. The Hall–Kier alpha value is -3.15. The zero-order valence-corrected chi connectivity index (χ0v) is 17.3. The average molecular weight is 393 g/mol. The van der Waals surface area contributed by atoms with Crippen LogP contribution in [0.2, 0.25) is 0 Å². The summed E-state index contributed by atoms with van der Waals surface area (Å²) in [6, 6.07) is 12.6. The van der Waals surface area contributed by atoms with Crippen LogP contribution in [0.5, 0.6) is 0 Å². The van der Waals surface area contributed by atoms with Crippen LogP contribution in [0.1, 0.15) is 41.8 Å². The maximum Gasteiger partial charge on any atom is 0.255 e. The molecule has 3 rings (SSSR count). The second-order valence-corrected chi connectivity index (χ2v) is 7.81.